The number of carbonyl (C=O) groups excluding carboxylic acids is 1. The van der Waals surface area contributed by atoms with E-state index in [9.17, 15) is 4.79 Å². The second-order valence-electron chi connectivity index (χ2n) is 3.91. The van der Waals surface area contributed by atoms with Crippen molar-refractivity contribution >= 4 is 17.2 Å². The van der Waals surface area contributed by atoms with Crippen molar-refractivity contribution < 1.29 is 4.79 Å². The lowest BCUT2D eigenvalue weighted by Crippen LogP contribution is -2.37. The Morgan fingerprint density at radius 2 is 2.41 bits per heavy atom. The number of fused-ring (bicyclic) bond motifs is 3. The lowest BCUT2D eigenvalue weighted by atomic mass is 10.3. The van der Waals surface area contributed by atoms with Crippen molar-refractivity contribution in [3.8, 4) is 5.00 Å². The molecule has 0 radical (unpaired) electrons. The normalized spacial score (nSPS) is 18.2. The first-order valence-electron chi connectivity index (χ1n) is 5.60. The van der Waals surface area contributed by atoms with Crippen LogP contribution in [-0.4, -0.2) is 17.0 Å². The summed E-state index contributed by atoms with van der Waals surface area (Å²) in [6, 6.07) is 5.90. The second-order valence-corrected chi connectivity index (χ2v) is 4.80. The molecular weight excluding hydrogens is 234 g/mol. The zero-order chi connectivity index (χ0) is 11.8. The van der Waals surface area contributed by atoms with E-state index in [-0.39, 0.29) is 12.1 Å². The molecule has 0 aromatic carbocycles. The molecule has 0 spiro atoms. The summed E-state index contributed by atoms with van der Waals surface area (Å²) in [7, 11) is 0. The number of nitrogens with one attached hydrogen (secondary N) is 2. The molecule has 1 aliphatic rings. The van der Waals surface area contributed by atoms with Crippen LogP contribution in [-0.2, 0) is 0 Å². The van der Waals surface area contributed by atoms with E-state index in [0.29, 0.717) is 0 Å². The monoisotopic (exact) mass is 247 g/mol. The fraction of sp³-hybridized carbons (Fsp3) is 0.250. The van der Waals surface area contributed by atoms with Crippen LogP contribution in [0, 0.1) is 0 Å². The highest BCUT2D eigenvalue weighted by molar-refractivity contribution is 7.13. The first-order valence-corrected chi connectivity index (χ1v) is 6.48. The molecule has 0 bridgehead atoms. The summed E-state index contributed by atoms with van der Waals surface area (Å²) in [5.41, 5.74) is 1.81. The lowest BCUT2D eigenvalue weighted by molar-refractivity contribution is 0.0932. The minimum atomic E-state index is -0.123. The van der Waals surface area contributed by atoms with E-state index < -0.39 is 0 Å². The van der Waals surface area contributed by atoms with Gasteiger partial charge in [0.1, 0.15) is 11.2 Å². The van der Waals surface area contributed by atoms with E-state index in [0.717, 1.165) is 22.8 Å². The molecule has 1 amide bonds. The summed E-state index contributed by atoms with van der Waals surface area (Å²) in [6.07, 6.45) is 1.87. The first-order chi connectivity index (χ1) is 8.31. The van der Waals surface area contributed by atoms with Crippen LogP contribution in [0.1, 0.15) is 29.1 Å². The molecule has 17 heavy (non-hydrogen) atoms. The van der Waals surface area contributed by atoms with E-state index in [1.165, 1.54) is 0 Å². The summed E-state index contributed by atoms with van der Waals surface area (Å²) in [4.78, 5) is 12.1. The van der Waals surface area contributed by atoms with Gasteiger partial charge in [-0.25, -0.2) is 0 Å². The zero-order valence-corrected chi connectivity index (χ0v) is 10.3. The van der Waals surface area contributed by atoms with Gasteiger partial charge in [0, 0.05) is 6.20 Å². The molecule has 3 heterocycles. The minimum Gasteiger partial charge on any atom is -0.331 e. The molecule has 0 saturated heterocycles. The predicted molar refractivity (Wildman–Crippen MR) is 67.5 cm³/mol. The summed E-state index contributed by atoms with van der Waals surface area (Å²) >= 11 is 1.58. The Hall–Kier alpha value is -1.59. The summed E-state index contributed by atoms with van der Waals surface area (Å²) in [5, 5.41) is 9.21. The van der Waals surface area contributed by atoms with Gasteiger partial charge >= 0.3 is 0 Å². The third-order valence-corrected chi connectivity index (χ3v) is 3.78. The highest BCUT2D eigenvalue weighted by Crippen LogP contribution is 2.29. The van der Waals surface area contributed by atoms with E-state index in [4.69, 9.17) is 0 Å². The maximum Gasteiger partial charge on any atom is 0.255 e. The molecule has 1 atom stereocenters. The molecule has 1 aliphatic heterocycles. The maximum absolute atomic E-state index is 12.1. The van der Waals surface area contributed by atoms with Crippen LogP contribution in [0.4, 0.5) is 0 Å². The van der Waals surface area contributed by atoms with Gasteiger partial charge in [-0.2, -0.15) is 0 Å². The van der Waals surface area contributed by atoms with Crippen LogP contribution in [0.15, 0.2) is 29.8 Å². The number of hydrogen-bond acceptors (Lipinski definition) is 3. The van der Waals surface area contributed by atoms with Crippen LogP contribution in [0.25, 0.3) is 5.00 Å². The van der Waals surface area contributed by atoms with Gasteiger partial charge in [0.05, 0.1) is 11.3 Å². The highest BCUT2D eigenvalue weighted by atomic mass is 32.1. The number of carbonyl (C=O) groups is 1. The third-order valence-electron chi connectivity index (χ3n) is 2.87. The molecule has 88 valence electrons. The molecule has 0 fully saturated rings. The number of thiophene rings is 1. The Balaban J connectivity index is 2.15. The van der Waals surface area contributed by atoms with Gasteiger partial charge in [0.25, 0.3) is 5.91 Å². The van der Waals surface area contributed by atoms with Crippen molar-refractivity contribution in [2.45, 2.75) is 13.1 Å². The average Bonchev–Trinajstić information content (AvgIpc) is 2.94. The van der Waals surface area contributed by atoms with Crippen LogP contribution in [0.2, 0.25) is 0 Å². The molecule has 2 N–H and O–H groups in total. The fourth-order valence-corrected chi connectivity index (χ4v) is 3.02. The van der Waals surface area contributed by atoms with Gasteiger partial charge < -0.3 is 9.88 Å². The Morgan fingerprint density at radius 3 is 3.24 bits per heavy atom. The Kier molecular flexibility index (Phi) is 2.49. The van der Waals surface area contributed by atoms with Gasteiger partial charge in [-0.15, -0.1) is 11.3 Å². The predicted octanol–water partition coefficient (Wildman–Crippen LogP) is 1.89. The molecule has 4 nitrogen and oxygen atoms in total. The molecule has 2 aromatic rings. The standard InChI is InChI=1S/C12H13N3OS/c1-2-13-10-9-4-3-6-15(9)12-8(5-7-17-12)11(16)14-10/h3-7,10,13H,2H2,1H3,(H,14,16). The van der Waals surface area contributed by atoms with Gasteiger partial charge in [0.15, 0.2) is 0 Å². The summed E-state index contributed by atoms with van der Waals surface area (Å²) in [6.45, 7) is 2.84. The van der Waals surface area contributed by atoms with E-state index in [1.807, 2.05) is 36.7 Å². The van der Waals surface area contributed by atoms with Crippen molar-refractivity contribution in [1.82, 2.24) is 15.2 Å². The maximum atomic E-state index is 12.1. The highest BCUT2D eigenvalue weighted by Gasteiger charge is 2.26. The van der Waals surface area contributed by atoms with Crippen LogP contribution < -0.4 is 10.6 Å². The van der Waals surface area contributed by atoms with Crippen molar-refractivity contribution in [3.05, 3.63) is 41.0 Å². The summed E-state index contributed by atoms with van der Waals surface area (Å²) < 4.78 is 2.07. The topological polar surface area (TPSA) is 46.1 Å². The molecule has 1 unspecified atom stereocenters. The molecule has 3 rings (SSSR count). The molecule has 0 saturated carbocycles. The SMILES string of the molecule is CCNC1NC(=O)c2ccsc2-n2cccc21. The zero-order valence-electron chi connectivity index (χ0n) is 9.43. The van der Waals surface area contributed by atoms with Gasteiger partial charge in [-0.3, -0.25) is 10.1 Å². The molecule has 5 heteroatoms. The van der Waals surface area contributed by atoms with Gasteiger partial charge in [-0.05, 0) is 30.1 Å². The van der Waals surface area contributed by atoms with Crippen molar-refractivity contribution in [2.24, 2.45) is 0 Å². The molecule has 0 aliphatic carbocycles. The van der Waals surface area contributed by atoms with Crippen molar-refractivity contribution in [1.29, 1.82) is 0 Å². The van der Waals surface area contributed by atoms with Crippen LogP contribution in [0.3, 0.4) is 0 Å². The largest absolute Gasteiger partial charge is 0.331 e. The summed E-state index contributed by atoms with van der Waals surface area (Å²) in [5.74, 6) is -0.0177. The minimum absolute atomic E-state index is 0.0177. The molecular formula is C12H13N3OS. The Bertz CT molecular complexity index is 558. The first kappa shape index (κ1) is 10.6. The van der Waals surface area contributed by atoms with Gasteiger partial charge in [-0.1, -0.05) is 6.92 Å². The van der Waals surface area contributed by atoms with Gasteiger partial charge in [0.2, 0.25) is 0 Å². The third kappa shape index (κ3) is 1.59. The van der Waals surface area contributed by atoms with Crippen LogP contribution >= 0.6 is 11.3 Å². The molecule has 2 aromatic heterocycles. The number of rotatable bonds is 2. The van der Waals surface area contributed by atoms with E-state index in [1.54, 1.807) is 11.3 Å². The Morgan fingerprint density at radius 1 is 1.53 bits per heavy atom. The van der Waals surface area contributed by atoms with Crippen molar-refractivity contribution in [3.63, 3.8) is 0 Å². The smallest absolute Gasteiger partial charge is 0.255 e. The quantitative estimate of drug-likeness (QED) is 0.851. The second kappa shape index (κ2) is 4.01. The average molecular weight is 247 g/mol. The van der Waals surface area contributed by atoms with E-state index >= 15 is 0 Å². The number of nitrogens with zero attached hydrogens (tertiary/aromatic N) is 1. The van der Waals surface area contributed by atoms with Crippen LogP contribution in [0.5, 0.6) is 0 Å². The van der Waals surface area contributed by atoms with Crippen molar-refractivity contribution in [2.75, 3.05) is 6.54 Å². The Labute approximate surface area is 103 Å². The number of aromatic nitrogens is 1. The number of amides is 1. The van der Waals surface area contributed by atoms with E-state index in [2.05, 4.69) is 15.2 Å². The number of hydrogen-bond donors (Lipinski definition) is 2. The lowest BCUT2D eigenvalue weighted by Gasteiger charge is -2.17. The fourth-order valence-electron chi connectivity index (χ4n) is 2.12.